The minimum absolute atomic E-state index is 0.0252. The molecule has 0 atom stereocenters. The van der Waals surface area contributed by atoms with Gasteiger partial charge in [0.15, 0.2) is 0 Å². The van der Waals surface area contributed by atoms with Gasteiger partial charge in [0, 0.05) is 12.3 Å². The Morgan fingerprint density at radius 3 is 2.42 bits per heavy atom. The van der Waals surface area contributed by atoms with E-state index in [-0.39, 0.29) is 11.4 Å². The first-order chi connectivity index (χ1) is 8.80. The Kier molecular flexibility index (Phi) is 3.05. The predicted octanol–water partition coefficient (Wildman–Crippen LogP) is 2.58. The quantitative estimate of drug-likeness (QED) is 0.640. The Hall–Kier alpha value is -2.31. The van der Waals surface area contributed by atoms with E-state index >= 15 is 0 Å². The normalized spacial score (nSPS) is 11.6. The highest BCUT2D eigenvalue weighted by Gasteiger charge is 2.34. The molecule has 0 aliphatic rings. The van der Waals surface area contributed by atoms with E-state index in [0.717, 1.165) is 18.3 Å². The van der Waals surface area contributed by atoms with Crippen LogP contribution < -0.4 is 11.3 Å². The molecule has 0 saturated carbocycles. The summed E-state index contributed by atoms with van der Waals surface area (Å²) in [4.78, 5) is 11.7. The molecular weight excluding hydrogens is 264 g/mol. The van der Waals surface area contributed by atoms with Gasteiger partial charge in [0.2, 0.25) is 0 Å². The summed E-state index contributed by atoms with van der Waals surface area (Å²) in [6.07, 6.45) is -3.63. The zero-order chi connectivity index (χ0) is 14.2. The Morgan fingerprint density at radius 2 is 1.84 bits per heavy atom. The summed E-state index contributed by atoms with van der Waals surface area (Å²) in [5.41, 5.74) is 2.51. The van der Waals surface area contributed by atoms with Gasteiger partial charge in [0.1, 0.15) is 11.4 Å². The lowest BCUT2D eigenvalue weighted by Gasteiger charge is -2.10. The molecule has 1 heterocycles. The molecule has 0 aliphatic heterocycles. The summed E-state index contributed by atoms with van der Waals surface area (Å²) < 4.78 is 51.7. The van der Waals surface area contributed by atoms with Crippen LogP contribution in [0.5, 0.6) is 0 Å². The van der Waals surface area contributed by atoms with E-state index in [1.165, 1.54) is 12.1 Å². The van der Waals surface area contributed by atoms with Crippen LogP contribution in [0.3, 0.4) is 0 Å². The first-order valence-corrected chi connectivity index (χ1v) is 5.15. The van der Waals surface area contributed by atoms with Crippen LogP contribution in [-0.4, -0.2) is 4.57 Å². The molecule has 2 N–H and O–H groups in total. The third-order valence-electron chi connectivity index (χ3n) is 2.51. The van der Waals surface area contributed by atoms with Gasteiger partial charge in [-0.2, -0.15) is 13.2 Å². The van der Waals surface area contributed by atoms with E-state index in [1.54, 1.807) is 0 Å². The second kappa shape index (κ2) is 4.42. The van der Waals surface area contributed by atoms with Crippen LogP contribution in [0.1, 0.15) is 5.56 Å². The summed E-state index contributed by atoms with van der Waals surface area (Å²) in [5.74, 6) is -0.804. The highest BCUT2D eigenvalue weighted by molar-refractivity contribution is 5.46. The molecule has 19 heavy (non-hydrogen) atoms. The number of hydrogen-bond acceptors (Lipinski definition) is 2. The number of aromatic nitrogens is 1. The minimum atomic E-state index is -4.76. The van der Waals surface area contributed by atoms with Crippen molar-refractivity contribution in [3.05, 3.63) is 58.3 Å². The summed E-state index contributed by atoms with van der Waals surface area (Å²) >= 11 is 0. The Bertz CT molecular complexity index is 676. The van der Waals surface area contributed by atoms with Crippen LogP contribution in [0, 0.1) is 5.82 Å². The number of anilines is 1. The lowest BCUT2D eigenvalue weighted by molar-refractivity contribution is -0.138. The third kappa shape index (κ3) is 2.44. The van der Waals surface area contributed by atoms with E-state index in [1.807, 2.05) is 0 Å². The smallest absolute Gasteiger partial charge is 0.396 e. The fourth-order valence-corrected chi connectivity index (χ4v) is 1.58. The maximum atomic E-state index is 13.3. The molecule has 3 nitrogen and oxygen atoms in total. The molecule has 2 aromatic rings. The second-order valence-corrected chi connectivity index (χ2v) is 3.80. The van der Waals surface area contributed by atoms with Gasteiger partial charge in [-0.1, -0.05) is 0 Å². The van der Waals surface area contributed by atoms with Gasteiger partial charge in [-0.05, 0) is 24.3 Å². The van der Waals surface area contributed by atoms with Crippen molar-refractivity contribution in [2.75, 3.05) is 5.73 Å². The summed E-state index contributed by atoms with van der Waals surface area (Å²) in [6.45, 7) is 0. The van der Waals surface area contributed by atoms with Gasteiger partial charge in [-0.25, -0.2) is 4.39 Å². The average Bonchev–Trinajstić information content (AvgIpc) is 2.32. The van der Waals surface area contributed by atoms with Gasteiger partial charge < -0.3 is 5.73 Å². The van der Waals surface area contributed by atoms with E-state index in [2.05, 4.69) is 0 Å². The largest absolute Gasteiger partial charge is 0.421 e. The van der Waals surface area contributed by atoms with Crippen molar-refractivity contribution >= 4 is 5.69 Å². The lowest BCUT2D eigenvalue weighted by atomic mass is 10.2. The van der Waals surface area contributed by atoms with E-state index in [4.69, 9.17) is 5.73 Å². The van der Waals surface area contributed by atoms with Crippen LogP contribution in [0.25, 0.3) is 5.69 Å². The van der Waals surface area contributed by atoms with E-state index in [0.29, 0.717) is 10.6 Å². The SMILES string of the molecule is Nc1ccc(-n2cccc(C(F)(F)F)c2=O)cc1F. The summed E-state index contributed by atoms with van der Waals surface area (Å²) in [6, 6.07) is 5.08. The van der Waals surface area contributed by atoms with E-state index < -0.39 is 23.1 Å². The molecule has 0 unspecified atom stereocenters. The number of nitrogens with two attached hydrogens (primary N) is 1. The van der Waals surface area contributed by atoms with Crippen LogP contribution in [0.15, 0.2) is 41.3 Å². The number of benzene rings is 1. The molecule has 2 rings (SSSR count). The fraction of sp³-hybridized carbons (Fsp3) is 0.0833. The number of alkyl halides is 3. The minimum Gasteiger partial charge on any atom is -0.396 e. The van der Waals surface area contributed by atoms with Crippen molar-refractivity contribution in [2.45, 2.75) is 6.18 Å². The lowest BCUT2D eigenvalue weighted by Crippen LogP contribution is -2.27. The maximum Gasteiger partial charge on any atom is 0.421 e. The van der Waals surface area contributed by atoms with Crippen molar-refractivity contribution in [3.63, 3.8) is 0 Å². The van der Waals surface area contributed by atoms with Gasteiger partial charge in [0.25, 0.3) is 5.56 Å². The van der Waals surface area contributed by atoms with Crippen LogP contribution in [0.2, 0.25) is 0 Å². The van der Waals surface area contributed by atoms with Crippen LogP contribution in [-0.2, 0) is 6.18 Å². The Morgan fingerprint density at radius 1 is 1.16 bits per heavy atom. The van der Waals surface area contributed by atoms with E-state index in [9.17, 15) is 22.4 Å². The number of hydrogen-bond donors (Lipinski definition) is 1. The number of nitrogen functional groups attached to an aromatic ring is 1. The molecule has 0 saturated heterocycles. The topological polar surface area (TPSA) is 48.0 Å². The fourth-order valence-electron chi connectivity index (χ4n) is 1.58. The van der Waals surface area contributed by atoms with Crippen LogP contribution >= 0.6 is 0 Å². The zero-order valence-electron chi connectivity index (χ0n) is 9.41. The van der Waals surface area contributed by atoms with Gasteiger partial charge in [-0.15, -0.1) is 0 Å². The molecule has 0 bridgehead atoms. The molecule has 7 heteroatoms. The van der Waals surface area contributed by atoms with Gasteiger partial charge >= 0.3 is 6.18 Å². The molecule has 0 fully saturated rings. The van der Waals surface area contributed by atoms with Crippen molar-refractivity contribution in [1.29, 1.82) is 0 Å². The first-order valence-electron chi connectivity index (χ1n) is 5.15. The van der Waals surface area contributed by atoms with Crippen molar-refractivity contribution in [2.24, 2.45) is 0 Å². The van der Waals surface area contributed by atoms with Crippen molar-refractivity contribution in [3.8, 4) is 5.69 Å². The zero-order valence-corrected chi connectivity index (χ0v) is 9.41. The number of rotatable bonds is 1. The average molecular weight is 272 g/mol. The highest BCUT2D eigenvalue weighted by Crippen LogP contribution is 2.26. The molecule has 0 amide bonds. The second-order valence-electron chi connectivity index (χ2n) is 3.80. The first kappa shape index (κ1) is 13.1. The van der Waals surface area contributed by atoms with Gasteiger partial charge in [-0.3, -0.25) is 9.36 Å². The molecule has 100 valence electrons. The predicted molar refractivity (Wildman–Crippen MR) is 61.4 cm³/mol. The highest BCUT2D eigenvalue weighted by atomic mass is 19.4. The Balaban J connectivity index is 2.64. The molecule has 1 aromatic carbocycles. The molecule has 1 aromatic heterocycles. The van der Waals surface area contributed by atoms with Gasteiger partial charge in [0.05, 0.1) is 11.4 Å². The number of nitrogens with zero attached hydrogens (tertiary/aromatic N) is 1. The third-order valence-corrected chi connectivity index (χ3v) is 2.51. The van der Waals surface area contributed by atoms with Crippen LogP contribution in [0.4, 0.5) is 23.2 Å². The maximum absolute atomic E-state index is 13.3. The molecule has 0 aliphatic carbocycles. The monoisotopic (exact) mass is 272 g/mol. The van der Waals surface area contributed by atoms with Crippen molar-refractivity contribution < 1.29 is 17.6 Å². The number of pyridine rings is 1. The summed E-state index contributed by atoms with van der Waals surface area (Å²) in [7, 11) is 0. The molecule has 0 radical (unpaired) electrons. The van der Waals surface area contributed by atoms with Crippen molar-refractivity contribution in [1.82, 2.24) is 4.57 Å². The standard InChI is InChI=1S/C12H8F4N2O/c13-9-6-7(3-4-10(9)17)18-5-1-2-8(11(18)19)12(14,15)16/h1-6H,17H2. The number of halogens is 4. The Labute approximate surface area is 104 Å². The summed E-state index contributed by atoms with van der Waals surface area (Å²) in [5, 5.41) is 0. The molecular formula is C12H8F4N2O. The molecule has 0 spiro atoms.